The maximum atomic E-state index is 11.7. The van der Waals surface area contributed by atoms with Gasteiger partial charge in [0.15, 0.2) is 0 Å². The number of benzene rings is 2. The Labute approximate surface area is 153 Å². The van der Waals surface area contributed by atoms with E-state index in [2.05, 4.69) is 5.32 Å². The molecule has 2 rings (SSSR count). The molecule has 2 atom stereocenters. The number of carbonyl (C=O) groups excluding carboxylic acids is 1. The first kappa shape index (κ1) is 19.8. The van der Waals surface area contributed by atoms with Crippen LogP contribution in [0.15, 0.2) is 42.5 Å². The number of carbonyl (C=O) groups is 1. The zero-order valence-corrected chi connectivity index (χ0v) is 15.0. The molecule has 26 heavy (non-hydrogen) atoms. The number of amides is 1. The highest BCUT2D eigenvalue weighted by molar-refractivity contribution is 5.67. The first-order valence-electron chi connectivity index (χ1n) is 8.49. The summed E-state index contributed by atoms with van der Waals surface area (Å²) in [6.07, 6.45) is -2.56. The van der Waals surface area contributed by atoms with Crippen LogP contribution in [-0.4, -0.2) is 34.1 Å². The lowest BCUT2D eigenvalue weighted by Gasteiger charge is -2.22. The summed E-state index contributed by atoms with van der Waals surface area (Å²) in [6, 6.07) is 12.4. The van der Waals surface area contributed by atoms with Crippen LogP contribution in [0, 0.1) is 13.8 Å². The fourth-order valence-electron chi connectivity index (χ4n) is 2.86. The van der Waals surface area contributed by atoms with Crippen molar-refractivity contribution in [3.8, 4) is 5.75 Å². The van der Waals surface area contributed by atoms with E-state index in [1.807, 2.05) is 30.3 Å². The van der Waals surface area contributed by atoms with Crippen molar-refractivity contribution in [3.63, 3.8) is 0 Å². The van der Waals surface area contributed by atoms with E-state index in [1.165, 1.54) is 12.1 Å². The van der Waals surface area contributed by atoms with Crippen molar-refractivity contribution < 1.29 is 24.9 Å². The maximum Gasteiger partial charge on any atom is 0.407 e. The lowest BCUT2D eigenvalue weighted by Crippen LogP contribution is -2.30. The van der Waals surface area contributed by atoms with Gasteiger partial charge in [-0.15, -0.1) is 0 Å². The molecule has 0 fully saturated rings. The van der Waals surface area contributed by atoms with Crippen LogP contribution in [-0.2, 0) is 11.3 Å². The summed E-state index contributed by atoms with van der Waals surface area (Å²) >= 11 is 0. The molecule has 0 spiro atoms. The summed E-state index contributed by atoms with van der Waals surface area (Å²) in [6.45, 7) is 3.86. The molecule has 6 nitrogen and oxygen atoms in total. The van der Waals surface area contributed by atoms with Crippen molar-refractivity contribution in [1.29, 1.82) is 0 Å². The number of phenolic OH excluding ortho intramolecular Hbond substituents is 1. The minimum atomic E-state index is -1.10. The molecule has 6 heteroatoms. The van der Waals surface area contributed by atoms with Crippen molar-refractivity contribution in [2.75, 3.05) is 6.54 Å². The zero-order valence-electron chi connectivity index (χ0n) is 15.0. The number of hydrogen-bond donors (Lipinski definition) is 4. The molecule has 0 aliphatic carbocycles. The van der Waals surface area contributed by atoms with Gasteiger partial charge < -0.3 is 25.4 Å². The molecule has 4 N–H and O–H groups in total. The topological polar surface area (TPSA) is 99.0 Å². The number of rotatable bonds is 7. The highest BCUT2D eigenvalue weighted by Crippen LogP contribution is 2.29. The number of aryl methyl sites for hydroxylation is 2. The van der Waals surface area contributed by atoms with Gasteiger partial charge in [-0.25, -0.2) is 4.79 Å². The van der Waals surface area contributed by atoms with Crippen LogP contribution in [0.4, 0.5) is 4.79 Å². The SMILES string of the molecule is Cc1cc(O)cc(C)c1C(O)C(O)CCNC(=O)OCc1ccccc1. The Hall–Kier alpha value is -2.57. The third-order valence-electron chi connectivity index (χ3n) is 4.16. The average Bonchev–Trinajstić information content (AvgIpc) is 2.59. The summed E-state index contributed by atoms with van der Waals surface area (Å²) < 4.78 is 5.08. The van der Waals surface area contributed by atoms with Crippen LogP contribution in [0.3, 0.4) is 0 Å². The maximum absolute atomic E-state index is 11.7. The molecule has 0 saturated heterocycles. The number of alkyl carbamates (subject to hydrolysis) is 1. The Morgan fingerprint density at radius 1 is 1.12 bits per heavy atom. The van der Waals surface area contributed by atoms with Crippen molar-refractivity contribution in [2.24, 2.45) is 0 Å². The van der Waals surface area contributed by atoms with Crippen molar-refractivity contribution >= 4 is 6.09 Å². The van der Waals surface area contributed by atoms with E-state index in [4.69, 9.17) is 4.74 Å². The van der Waals surface area contributed by atoms with Gasteiger partial charge in [-0.2, -0.15) is 0 Å². The Morgan fingerprint density at radius 3 is 2.35 bits per heavy atom. The van der Waals surface area contributed by atoms with Gasteiger partial charge in [-0.3, -0.25) is 0 Å². The van der Waals surface area contributed by atoms with Crippen LogP contribution in [0.2, 0.25) is 0 Å². The standard InChI is InChI=1S/C20H25NO5/c1-13-10-16(22)11-14(2)18(13)19(24)17(23)8-9-21-20(25)26-12-15-6-4-3-5-7-15/h3-7,10-11,17,19,22-24H,8-9,12H2,1-2H3,(H,21,25). The molecule has 0 bridgehead atoms. The molecular formula is C20H25NO5. The number of aliphatic hydroxyl groups excluding tert-OH is 2. The van der Waals surface area contributed by atoms with Gasteiger partial charge >= 0.3 is 6.09 Å². The third-order valence-corrected chi connectivity index (χ3v) is 4.16. The van der Waals surface area contributed by atoms with E-state index in [-0.39, 0.29) is 25.3 Å². The van der Waals surface area contributed by atoms with Crippen molar-refractivity contribution in [1.82, 2.24) is 5.32 Å². The quantitative estimate of drug-likeness (QED) is 0.609. The van der Waals surface area contributed by atoms with E-state index in [1.54, 1.807) is 13.8 Å². The monoisotopic (exact) mass is 359 g/mol. The fourth-order valence-corrected chi connectivity index (χ4v) is 2.86. The Bertz CT molecular complexity index is 709. The van der Waals surface area contributed by atoms with Crippen molar-refractivity contribution in [2.45, 2.75) is 39.1 Å². The summed E-state index contributed by atoms with van der Waals surface area (Å²) in [5.74, 6) is 0.119. The molecule has 2 aromatic carbocycles. The molecule has 0 aliphatic rings. The zero-order chi connectivity index (χ0) is 19.1. The van der Waals surface area contributed by atoms with Crippen LogP contribution >= 0.6 is 0 Å². The lowest BCUT2D eigenvalue weighted by atomic mass is 9.93. The first-order valence-corrected chi connectivity index (χ1v) is 8.49. The smallest absolute Gasteiger partial charge is 0.407 e. The molecule has 1 amide bonds. The second kappa shape index (κ2) is 9.22. The molecule has 0 radical (unpaired) electrons. The molecule has 0 heterocycles. The van der Waals surface area contributed by atoms with Gasteiger partial charge in [0.05, 0.1) is 6.10 Å². The molecular weight excluding hydrogens is 334 g/mol. The predicted molar refractivity (Wildman–Crippen MR) is 97.8 cm³/mol. The Morgan fingerprint density at radius 2 is 1.73 bits per heavy atom. The highest BCUT2D eigenvalue weighted by atomic mass is 16.5. The number of hydrogen-bond acceptors (Lipinski definition) is 5. The molecule has 2 aromatic rings. The van der Waals surface area contributed by atoms with E-state index in [9.17, 15) is 20.1 Å². The molecule has 2 unspecified atom stereocenters. The van der Waals surface area contributed by atoms with Crippen molar-refractivity contribution in [3.05, 3.63) is 64.7 Å². The van der Waals surface area contributed by atoms with Gasteiger partial charge in [0, 0.05) is 6.54 Å². The largest absolute Gasteiger partial charge is 0.508 e. The summed E-state index contributed by atoms with van der Waals surface area (Å²) in [4.78, 5) is 11.7. The Kier molecular flexibility index (Phi) is 7.00. The molecule has 0 aliphatic heterocycles. The van der Waals surface area contributed by atoms with Gasteiger partial charge in [0.1, 0.15) is 18.5 Å². The number of aliphatic hydroxyl groups is 2. The average molecular weight is 359 g/mol. The van der Waals surface area contributed by atoms with Gasteiger partial charge in [0.25, 0.3) is 0 Å². The second-order valence-electron chi connectivity index (χ2n) is 6.28. The lowest BCUT2D eigenvalue weighted by molar-refractivity contribution is 0.0129. The van der Waals surface area contributed by atoms with Crippen LogP contribution in [0.5, 0.6) is 5.75 Å². The number of aromatic hydroxyl groups is 1. The first-order chi connectivity index (χ1) is 12.4. The van der Waals surface area contributed by atoms with Gasteiger partial charge in [-0.1, -0.05) is 30.3 Å². The minimum absolute atomic E-state index is 0.119. The molecule has 0 aromatic heterocycles. The summed E-state index contributed by atoms with van der Waals surface area (Å²) in [7, 11) is 0. The van der Waals surface area contributed by atoms with E-state index in [0.717, 1.165) is 5.56 Å². The second-order valence-corrected chi connectivity index (χ2v) is 6.28. The summed E-state index contributed by atoms with van der Waals surface area (Å²) in [5.41, 5.74) is 2.87. The number of ether oxygens (including phenoxy) is 1. The van der Waals surface area contributed by atoms with E-state index >= 15 is 0 Å². The van der Waals surface area contributed by atoms with Crippen LogP contribution < -0.4 is 5.32 Å². The van der Waals surface area contributed by atoms with E-state index in [0.29, 0.717) is 16.7 Å². The number of nitrogens with one attached hydrogen (secondary N) is 1. The minimum Gasteiger partial charge on any atom is -0.508 e. The van der Waals surface area contributed by atoms with E-state index < -0.39 is 18.3 Å². The van der Waals surface area contributed by atoms with Crippen LogP contribution in [0.25, 0.3) is 0 Å². The normalized spacial score (nSPS) is 13.1. The number of phenols is 1. The highest BCUT2D eigenvalue weighted by Gasteiger charge is 2.22. The van der Waals surface area contributed by atoms with Gasteiger partial charge in [-0.05, 0) is 54.7 Å². The van der Waals surface area contributed by atoms with Crippen LogP contribution in [0.1, 0.15) is 34.8 Å². The third kappa shape index (κ3) is 5.47. The summed E-state index contributed by atoms with van der Waals surface area (Å²) in [5, 5.41) is 32.7. The van der Waals surface area contributed by atoms with Gasteiger partial charge in [0.2, 0.25) is 0 Å². The fraction of sp³-hybridized carbons (Fsp3) is 0.350. The predicted octanol–water partition coefficient (Wildman–Crippen LogP) is 2.72. The Balaban J connectivity index is 1.79. The molecule has 140 valence electrons. The molecule has 0 saturated carbocycles.